The molecule has 0 spiro atoms. The standard InChI is InChI=1S/C28H58Si/c1-3-5-7-9-11-13-15-17-19-21-23-25-27-29-28-26-24-22-20-18-16-14-12-10-8-6-4-2/h3-28H2,1-2H3. The number of hydrogen-bond acceptors (Lipinski definition) is 0. The van der Waals surface area contributed by atoms with Crippen molar-refractivity contribution in [3.8, 4) is 0 Å². The SMILES string of the molecule is CCCCCCCCCCCCCC[Si]CCCCCCCCCCCCCC. The first-order valence-corrected chi connectivity index (χ1v) is 15.5. The molecule has 0 heterocycles. The minimum atomic E-state index is 1.26. The van der Waals surface area contributed by atoms with Gasteiger partial charge in [-0.25, -0.2) is 0 Å². The second kappa shape index (κ2) is 28.2. The summed E-state index contributed by atoms with van der Waals surface area (Å²) >= 11 is 0. The predicted molar refractivity (Wildman–Crippen MR) is 138 cm³/mol. The number of unbranched alkanes of at least 4 members (excludes halogenated alkanes) is 22. The van der Waals surface area contributed by atoms with Crippen LogP contribution in [0, 0.1) is 0 Å². The Balaban J connectivity index is 2.97. The van der Waals surface area contributed by atoms with E-state index in [1.54, 1.807) is 0 Å². The third-order valence-corrected chi connectivity index (χ3v) is 7.83. The summed E-state index contributed by atoms with van der Waals surface area (Å²) in [5.41, 5.74) is 0. The highest BCUT2D eigenvalue weighted by Gasteiger charge is 1.96. The van der Waals surface area contributed by atoms with Crippen LogP contribution in [0.4, 0.5) is 0 Å². The lowest BCUT2D eigenvalue weighted by atomic mass is 10.1. The molecule has 0 amide bonds. The molecule has 0 rings (SSSR count). The van der Waals surface area contributed by atoms with E-state index in [1.807, 2.05) is 0 Å². The Morgan fingerprint density at radius 3 is 0.724 bits per heavy atom. The molecule has 0 unspecified atom stereocenters. The van der Waals surface area contributed by atoms with Crippen molar-refractivity contribution in [2.24, 2.45) is 0 Å². The van der Waals surface area contributed by atoms with E-state index in [1.165, 1.54) is 176 Å². The molecule has 0 N–H and O–H groups in total. The van der Waals surface area contributed by atoms with Crippen molar-refractivity contribution in [2.45, 2.75) is 180 Å². The van der Waals surface area contributed by atoms with Crippen molar-refractivity contribution in [1.29, 1.82) is 0 Å². The Morgan fingerprint density at radius 2 is 0.483 bits per heavy atom. The van der Waals surface area contributed by atoms with Crippen LogP contribution >= 0.6 is 0 Å². The fraction of sp³-hybridized carbons (Fsp3) is 1.00. The molecule has 0 saturated heterocycles. The highest BCUT2D eigenvalue weighted by Crippen LogP contribution is 2.14. The summed E-state index contributed by atoms with van der Waals surface area (Å²) in [6.45, 7) is 4.61. The minimum absolute atomic E-state index is 1.26. The van der Waals surface area contributed by atoms with E-state index in [9.17, 15) is 0 Å². The molecule has 0 fully saturated rings. The van der Waals surface area contributed by atoms with Crippen molar-refractivity contribution in [1.82, 2.24) is 0 Å². The molecule has 0 aliphatic heterocycles. The van der Waals surface area contributed by atoms with Crippen LogP contribution in [0.25, 0.3) is 0 Å². The third-order valence-electron chi connectivity index (χ3n) is 6.41. The normalized spacial score (nSPS) is 11.4. The Hall–Kier alpha value is 0.217. The lowest BCUT2D eigenvalue weighted by molar-refractivity contribution is 0.546. The van der Waals surface area contributed by atoms with Crippen LogP contribution < -0.4 is 0 Å². The van der Waals surface area contributed by atoms with Crippen LogP contribution in [0.2, 0.25) is 12.1 Å². The summed E-state index contributed by atoms with van der Waals surface area (Å²) in [7, 11) is 1.26. The first-order chi connectivity index (χ1) is 14.4. The second-order valence-corrected chi connectivity index (χ2v) is 11.0. The molecule has 1 heteroatoms. The van der Waals surface area contributed by atoms with Gasteiger partial charge in [-0.2, -0.15) is 0 Å². The van der Waals surface area contributed by atoms with E-state index in [2.05, 4.69) is 13.8 Å². The summed E-state index contributed by atoms with van der Waals surface area (Å²) in [6, 6.07) is 3.05. The zero-order chi connectivity index (χ0) is 21.1. The van der Waals surface area contributed by atoms with Crippen molar-refractivity contribution < 1.29 is 0 Å². The highest BCUT2D eigenvalue weighted by atomic mass is 28.2. The maximum Gasteiger partial charge on any atom is 0.0378 e. The highest BCUT2D eigenvalue weighted by molar-refractivity contribution is 6.35. The molecule has 0 aliphatic carbocycles. The van der Waals surface area contributed by atoms with Crippen molar-refractivity contribution >= 4 is 9.52 Å². The Bertz CT molecular complexity index is 237. The van der Waals surface area contributed by atoms with Gasteiger partial charge < -0.3 is 0 Å². The molecule has 0 atom stereocenters. The first kappa shape index (κ1) is 29.2. The number of rotatable bonds is 26. The van der Waals surface area contributed by atoms with Gasteiger partial charge in [-0.05, 0) is 0 Å². The molecular formula is C28H58Si. The van der Waals surface area contributed by atoms with Crippen LogP contribution in [-0.2, 0) is 0 Å². The van der Waals surface area contributed by atoms with Crippen LogP contribution in [0.15, 0.2) is 0 Å². The van der Waals surface area contributed by atoms with Gasteiger partial charge in [0.15, 0.2) is 0 Å². The summed E-state index contributed by atoms with van der Waals surface area (Å²) in [5.74, 6) is 0. The molecule has 174 valence electrons. The molecule has 0 nitrogen and oxygen atoms in total. The zero-order valence-corrected chi connectivity index (χ0v) is 21.9. The Morgan fingerprint density at radius 1 is 0.276 bits per heavy atom. The fourth-order valence-corrected chi connectivity index (χ4v) is 5.56. The Labute approximate surface area is 189 Å². The maximum absolute atomic E-state index is 2.31. The molecule has 0 aliphatic rings. The van der Waals surface area contributed by atoms with E-state index in [0.717, 1.165) is 0 Å². The van der Waals surface area contributed by atoms with E-state index in [-0.39, 0.29) is 0 Å². The molecule has 0 aromatic carbocycles. The van der Waals surface area contributed by atoms with Crippen LogP contribution in [0.1, 0.15) is 168 Å². The Kier molecular flexibility index (Phi) is 28.4. The average molecular weight is 423 g/mol. The van der Waals surface area contributed by atoms with Gasteiger partial charge in [-0.1, -0.05) is 180 Å². The smallest absolute Gasteiger partial charge is 0.0378 e. The van der Waals surface area contributed by atoms with Gasteiger partial charge in [-0.3, -0.25) is 0 Å². The summed E-state index contributed by atoms with van der Waals surface area (Å²) in [4.78, 5) is 0. The third kappa shape index (κ3) is 28.2. The lowest BCUT2D eigenvalue weighted by Crippen LogP contribution is -1.90. The molecular weight excluding hydrogens is 364 g/mol. The van der Waals surface area contributed by atoms with Crippen LogP contribution in [0.5, 0.6) is 0 Å². The molecule has 2 radical (unpaired) electrons. The number of hydrogen-bond donors (Lipinski definition) is 0. The molecule has 0 aromatic heterocycles. The van der Waals surface area contributed by atoms with Crippen LogP contribution in [-0.4, -0.2) is 9.52 Å². The van der Waals surface area contributed by atoms with Crippen molar-refractivity contribution in [2.75, 3.05) is 0 Å². The van der Waals surface area contributed by atoms with Gasteiger partial charge in [0.25, 0.3) is 0 Å². The van der Waals surface area contributed by atoms with Gasteiger partial charge in [-0.15, -0.1) is 0 Å². The summed E-state index contributed by atoms with van der Waals surface area (Å²) < 4.78 is 0. The van der Waals surface area contributed by atoms with Gasteiger partial charge in [0, 0.05) is 9.52 Å². The molecule has 0 aromatic rings. The van der Waals surface area contributed by atoms with E-state index < -0.39 is 0 Å². The zero-order valence-electron chi connectivity index (χ0n) is 20.9. The quantitative estimate of drug-likeness (QED) is 0.0959. The molecule has 0 saturated carbocycles. The monoisotopic (exact) mass is 422 g/mol. The van der Waals surface area contributed by atoms with Gasteiger partial charge >= 0.3 is 0 Å². The fourth-order valence-electron chi connectivity index (χ4n) is 4.31. The van der Waals surface area contributed by atoms with Crippen molar-refractivity contribution in [3.05, 3.63) is 0 Å². The topological polar surface area (TPSA) is 0 Å². The van der Waals surface area contributed by atoms with Crippen molar-refractivity contribution in [3.63, 3.8) is 0 Å². The first-order valence-electron chi connectivity index (χ1n) is 14.1. The predicted octanol–water partition coefficient (Wildman–Crippen LogP) is 10.9. The molecule has 0 bridgehead atoms. The van der Waals surface area contributed by atoms with Gasteiger partial charge in [0.05, 0.1) is 0 Å². The average Bonchev–Trinajstić information content (AvgIpc) is 2.74. The lowest BCUT2D eigenvalue weighted by Gasteiger charge is -2.04. The summed E-state index contributed by atoms with van der Waals surface area (Å²) in [6.07, 6.45) is 35.5. The van der Waals surface area contributed by atoms with Crippen LogP contribution in [0.3, 0.4) is 0 Å². The van der Waals surface area contributed by atoms with Gasteiger partial charge in [0.2, 0.25) is 0 Å². The van der Waals surface area contributed by atoms with E-state index in [0.29, 0.717) is 0 Å². The molecule has 29 heavy (non-hydrogen) atoms. The van der Waals surface area contributed by atoms with E-state index >= 15 is 0 Å². The van der Waals surface area contributed by atoms with E-state index in [4.69, 9.17) is 0 Å². The van der Waals surface area contributed by atoms with Gasteiger partial charge in [0.1, 0.15) is 0 Å². The minimum Gasteiger partial charge on any atom is -0.0654 e. The second-order valence-electron chi connectivity index (χ2n) is 9.53. The maximum atomic E-state index is 2.31. The summed E-state index contributed by atoms with van der Waals surface area (Å²) in [5, 5.41) is 0. The largest absolute Gasteiger partial charge is 0.0654 e.